The summed E-state index contributed by atoms with van der Waals surface area (Å²) >= 11 is 0. The van der Waals surface area contributed by atoms with Crippen LogP contribution in [0.15, 0.2) is 48.6 Å². The highest BCUT2D eigenvalue weighted by atomic mass is 16.6. The lowest BCUT2D eigenvalue weighted by Gasteiger charge is -2.18. The van der Waals surface area contributed by atoms with E-state index in [4.69, 9.17) is 14.2 Å². The number of carbonyl (C=O) groups is 3. The van der Waals surface area contributed by atoms with Crippen LogP contribution in [-0.4, -0.2) is 37.2 Å². The molecule has 0 rings (SSSR count). The lowest BCUT2D eigenvalue weighted by molar-refractivity contribution is -0.167. The predicted molar refractivity (Wildman–Crippen MR) is 316 cm³/mol. The van der Waals surface area contributed by atoms with Crippen molar-refractivity contribution < 1.29 is 28.6 Å². The molecule has 0 aromatic carbocycles. The zero-order valence-electron chi connectivity index (χ0n) is 48.9. The van der Waals surface area contributed by atoms with Crippen molar-refractivity contribution in [3.63, 3.8) is 0 Å². The summed E-state index contributed by atoms with van der Waals surface area (Å²) in [5.41, 5.74) is 0. The van der Waals surface area contributed by atoms with E-state index in [-0.39, 0.29) is 31.1 Å². The molecule has 6 heteroatoms. The summed E-state index contributed by atoms with van der Waals surface area (Å²) in [5.74, 6) is -0.849. The van der Waals surface area contributed by atoms with E-state index >= 15 is 0 Å². The summed E-state index contributed by atoms with van der Waals surface area (Å²) in [4.78, 5) is 38.1. The Hall–Kier alpha value is -2.63. The summed E-state index contributed by atoms with van der Waals surface area (Å²) in [6, 6.07) is 0. The van der Waals surface area contributed by atoms with Gasteiger partial charge in [-0.25, -0.2) is 0 Å². The Bertz CT molecular complexity index is 1270. The second-order valence-corrected chi connectivity index (χ2v) is 21.7. The van der Waals surface area contributed by atoms with Gasteiger partial charge < -0.3 is 14.2 Å². The monoisotopic (exact) mass is 1020 g/mol. The van der Waals surface area contributed by atoms with Crippen LogP contribution in [0.1, 0.15) is 342 Å². The number of esters is 3. The zero-order chi connectivity index (χ0) is 52.9. The summed E-state index contributed by atoms with van der Waals surface area (Å²) < 4.78 is 16.9. The van der Waals surface area contributed by atoms with E-state index in [1.807, 2.05) is 0 Å². The SMILES string of the molecule is CC/C=C\C/C=C\C/C=C\C/C=C\CCCCCCCCCCCCCCCCCCC(=O)OCC(COC(=O)CCCCCCCCCC)OC(=O)CCCCCCCCCCCCCCCCCCCC. The van der Waals surface area contributed by atoms with Gasteiger partial charge >= 0.3 is 17.9 Å². The topological polar surface area (TPSA) is 78.9 Å². The predicted octanol–water partition coefficient (Wildman–Crippen LogP) is 21.8. The molecule has 0 aliphatic rings. The van der Waals surface area contributed by atoms with Crippen molar-refractivity contribution in [2.75, 3.05) is 13.2 Å². The summed E-state index contributed by atoms with van der Waals surface area (Å²) in [6.07, 6.45) is 77.1. The number of carbonyl (C=O) groups excluding carboxylic acids is 3. The number of hydrogen-bond donors (Lipinski definition) is 0. The van der Waals surface area contributed by atoms with Gasteiger partial charge in [-0.05, 0) is 57.8 Å². The van der Waals surface area contributed by atoms with Crippen molar-refractivity contribution in [3.8, 4) is 0 Å². The Morgan fingerprint density at radius 1 is 0.288 bits per heavy atom. The first-order chi connectivity index (χ1) is 36.0. The van der Waals surface area contributed by atoms with E-state index in [9.17, 15) is 14.4 Å². The minimum atomic E-state index is -0.766. The minimum absolute atomic E-state index is 0.0669. The Morgan fingerprint density at radius 2 is 0.534 bits per heavy atom. The van der Waals surface area contributed by atoms with Crippen molar-refractivity contribution in [2.45, 2.75) is 348 Å². The molecule has 0 aliphatic heterocycles. The Morgan fingerprint density at radius 3 is 0.836 bits per heavy atom. The quantitative estimate of drug-likeness (QED) is 0.0261. The molecule has 0 heterocycles. The fourth-order valence-corrected chi connectivity index (χ4v) is 9.56. The van der Waals surface area contributed by atoms with Gasteiger partial charge in [-0.2, -0.15) is 0 Å². The summed E-state index contributed by atoms with van der Waals surface area (Å²) in [7, 11) is 0. The van der Waals surface area contributed by atoms with Crippen LogP contribution in [0, 0.1) is 0 Å². The van der Waals surface area contributed by atoms with E-state index in [2.05, 4.69) is 69.4 Å². The number of rotatable bonds is 59. The summed E-state index contributed by atoms with van der Waals surface area (Å²) in [5, 5.41) is 0. The molecule has 0 N–H and O–H groups in total. The molecule has 0 aromatic heterocycles. The first-order valence-electron chi connectivity index (χ1n) is 32.1. The second-order valence-electron chi connectivity index (χ2n) is 21.7. The van der Waals surface area contributed by atoms with Crippen molar-refractivity contribution in [2.24, 2.45) is 0 Å². The van der Waals surface area contributed by atoms with Gasteiger partial charge in [0, 0.05) is 19.3 Å². The molecule has 0 amide bonds. The third kappa shape index (κ3) is 60.1. The number of allylic oxidation sites excluding steroid dienone is 8. The molecule has 1 unspecified atom stereocenters. The van der Waals surface area contributed by atoms with Gasteiger partial charge in [-0.15, -0.1) is 0 Å². The number of hydrogen-bond acceptors (Lipinski definition) is 6. The van der Waals surface area contributed by atoms with E-state index in [1.165, 1.54) is 218 Å². The third-order valence-electron chi connectivity index (χ3n) is 14.3. The van der Waals surface area contributed by atoms with Gasteiger partial charge in [0.2, 0.25) is 0 Å². The molecule has 73 heavy (non-hydrogen) atoms. The Labute approximate surface area is 454 Å². The normalized spacial score (nSPS) is 12.3. The maximum Gasteiger partial charge on any atom is 0.306 e. The van der Waals surface area contributed by atoms with E-state index in [0.717, 1.165) is 83.5 Å². The molecule has 0 saturated carbocycles. The van der Waals surface area contributed by atoms with Gasteiger partial charge in [0.25, 0.3) is 0 Å². The zero-order valence-corrected chi connectivity index (χ0v) is 48.9. The average molecular weight is 1020 g/mol. The van der Waals surface area contributed by atoms with Gasteiger partial charge in [0.05, 0.1) is 0 Å². The fraction of sp³-hybridized carbons (Fsp3) is 0.836. The lowest BCUT2D eigenvalue weighted by Crippen LogP contribution is -2.30. The molecule has 0 aromatic rings. The highest BCUT2D eigenvalue weighted by Gasteiger charge is 2.19. The average Bonchev–Trinajstić information content (AvgIpc) is 3.39. The highest BCUT2D eigenvalue weighted by molar-refractivity contribution is 5.71. The molecule has 6 nitrogen and oxygen atoms in total. The fourth-order valence-electron chi connectivity index (χ4n) is 9.56. The molecule has 0 radical (unpaired) electrons. The Kier molecular flexibility index (Phi) is 59.7. The highest BCUT2D eigenvalue weighted by Crippen LogP contribution is 2.18. The van der Waals surface area contributed by atoms with E-state index in [0.29, 0.717) is 19.3 Å². The molecule has 1 atom stereocenters. The molecule has 0 spiro atoms. The first-order valence-corrected chi connectivity index (χ1v) is 32.1. The molecule has 426 valence electrons. The second kappa shape index (κ2) is 61.9. The molecule has 0 bridgehead atoms. The van der Waals surface area contributed by atoms with Crippen molar-refractivity contribution >= 4 is 17.9 Å². The largest absolute Gasteiger partial charge is 0.462 e. The molecule has 0 saturated heterocycles. The van der Waals surface area contributed by atoms with E-state index < -0.39 is 6.10 Å². The minimum Gasteiger partial charge on any atom is -0.462 e. The standard InChI is InChI=1S/C67H122O6/c1-4-7-10-13-16-19-21-23-25-27-29-30-31-32-33-34-35-36-37-38-39-41-42-44-46-48-51-54-57-60-66(69)72-63-64(62-71-65(68)59-56-53-50-18-15-12-9-6-3)73-67(70)61-58-55-52-49-47-45-43-40-28-26-24-22-20-17-14-11-8-5-2/h7,10,16,19,23,25,29-30,64H,4-6,8-9,11-15,17-18,20-22,24,26-28,31-63H2,1-3H3/b10-7-,19-16-,25-23-,30-29-. The van der Waals surface area contributed by atoms with Gasteiger partial charge in [-0.3, -0.25) is 14.4 Å². The Balaban J connectivity index is 4.08. The smallest absolute Gasteiger partial charge is 0.306 e. The van der Waals surface area contributed by atoms with Crippen LogP contribution < -0.4 is 0 Å². The van der Waals surface area contributed by atoms with Crippen LogP contribution in [0.2, 0.25) is 0 Å². The van der Waals surface area contributed by atoms with Gasteiger partial charge in [0.15, 0.2) is 6.10 Å². The lowest BCUT2D eigenvalue weighted by atomic mass is 10.0. The van der Waals surface area contributed by atoms with Crippen molar-refractivity contribution in [3.05, 3.63) is 48.6 Å². The van der Waals surface area contributed by atoms with Crippen LogP contribution >= 0.6 is 0 Å². The third-order valence-corrected chi connectivity index (χ3v) is 14.3. The van der Waals surface area contributed by atoms with Crippen LogP contribution in [-0.2, 0) is 28.6 Å². The number of unbranched alkanes of at least 4 members (excludes halogenated alkanes) is 40. The van der Waals surface area contributed by atoms with Crippen LogP contribution in [0.5, 0.6) is 0 Å². The van der Waals surface area contributed by atoms with E-state index in [1.54, 1.807) is 0 Å². The molecule has 0 aliphatic carbocycles. The molecule has 0 fully saturated rings. The molecular weight excluding hydrogens is 901 g/mol. The van der Waals surface area contributed by atoms with Gasteiger partial charge in [0.1, 0.15) is 13.2 Å². The van der Waals surface area contributed by atoms with Crippen LogP contribution in [0.4, 0.5) is 0 Å². The van der Waals surface area contributed by atoms with Gasteiger partial charge in [-0.1, -0.05) is 313 Å². The first kappa shape index (κ1) is 70.4. The maximum absolute atomic E-state index is 12.9. The van der Waals surface area contributed by atoms with Crippen LogP contribution in [0.3, 0.4) is 0 Å². The number of ether oxygens (including phenoxy) is 3. The van der Waals surface area contributed by atoms with Crippen molar-refractivity contribution in [1.82, 2.24) is 0 Å². The van der Waals surface area contributed by atoms with Crippen molar-refractivity contribution in [1.29, 1.82) is 0 Å². The maximum atomic E-state index is 12.9. The molecular formula is C67H122O6. The summed E-state index contributed by atoms with van der Waals surface area (Å²) in [6.45, 7) is 6.55. The van der Waals surface area contributed by atoms with Crippen LogP contribution in [0.25, 0.3) is 0 Å².